The van der Waals surface area contributed by atoms with Gasteiger partial charge in [0.25, 0.3) is 11.1 Å². The number of hydrogen-bond acceptors (Lipinski definition) is 9. The average Bonchev–Trinajstić information content (AvgIpc) is 4.13. The highest BCUT2D eigenvalue weighted by molar-refractivity contribution is 5.81. The van der Waals surface area contributed by atoms with E-state index in [1.165, 1.54) is 45.5 Å². The van der Waals surface area contributed by atoms with Crippen molar-refractivity contribution in [3.05, 3.63) is 215 Å². The first-order valence-electron chi connectivity index (χ1n) is 24.9. The Morgan fingerprint density at radius 2 is 1.00 bits per heavy atom. The molecule has 0 spiro atoms. The topological polar surface area (TPSA) is 167 Å². The first kappa shape index (κ1) is 51.7. The van der Waals surface area contributed by atoms with Crippen molar-refractivity contribution in [1.82, 2.24) is 19.1 Å². The van der Waals surface area contributed by atoms with Crippen LogP contribution in [-0.2, 0) is 27.2 Å². The van der Waals surface area contributed by atoms with Crippen LogP contribution < -0.4 is 20.3 Å². The van der Waals surface area contributed by atoms with Crippen LogP contribution in [0.5, 0.6) is 0 Å². The molecule has 16 heteroatoms. The molecular formula is C60H54F2N6O8+2. The average molecular weight is 1030 g/mol. The van der Waals surface area contributed by atoms with E-state index < -0.39 is 17.4 Å². The number of oxazole rings is 2. The number of rotatable bonds is 16. The highest BCUT2D eigenvalue weighted by Crippen LogP contribution is 2.23. The summed E-state index contributed by atoms with van der Waals surface area (Å²) in [7, 11) is 0. The van der Waals surface area contributed by atoms with Crippen molar-refractivity contribution in [1.29, 1.82) is 0 Å². The van der Waals surface area contributed by atoms with Gasteiger partial charge in [0.1, 0.15) is 28.9 Å². The molecule has 0 fully saturated rings. The van der Waals surface area contributed by atoms with E-state index in [0.29, 0.717) is 94.9 Å². The number of carbonyl (C=O) groups is 2. The maximum Gasteiger partial charge on any atom is 0.341 e. The molecule has 0 atom stereocenters. The van der Waals surface area contributed by atoms with E-state index in [-0.39, 0.29) is 35.7 Å². The number of halogens is 2. The number of benzene rings is 6. The number of aryl methyl sites for hydroxylation is 2. The van der Waals surface area contributed by atoms with Gasteiger partial charge in [-0.1, -0.05) is 60.7 Å². The molecule has 6 aromatic carbocycles. The Kier molecular flexibility index (Phi) is 15.6. The van der Waals surface area contributed by atoms with Gasteiger partial charge in [0.15, 0.2) is 0 Å². The lowest BCUT2D eigenvalue weighted by Crippen LogP contribution is -2.28. The van der Waals surface area contributed by atoms with Gasteiger partial charge in [0, 0.05) is 61.1 Å². The van der Waals surface area contributed by atoms with Gasteiger partial charge in [0.05, 0.1) is 33.2 Å². The summed E-state index contributed by atoms with van der Waals surface area (Å²) < 4.78 is 50.8. The number of ether oxygens (including phenoxy) is 1. The fourth-order valence-electron chi connectivity index (χ4n) is 8.68. The lowest BCUT2D eigenvalue weighted by molar-refractivity contribution is -0.599. The summed E-state index contributed by atoms with van der Waals surface area (Å²) in [6, 6.07) is 41.7. The summed E-state index contributed by atoms with van der Waals surface area (Å²) in [5.74, 6) is 0.527. The Morgan fingerprint density at radius 3 is 1.41 bits per heavy atom. The van der Waals surface area contributed by atoms with Crippen LogP contribution in [0.1, 0.15) is 70.9 Å². The van der Waals surface area contributed by atoms with Crippen LogP contribution in [0.2, 0.25) is 0 Å². The summed E-state index contributed by atoms with van der Waals surface area (Å²) >= 11 is 0. The van der Waals surface area contributed by atoms with Crippen molar-refractivity contribution in [3.8, 4) is 45.4 Å². The standard InChI is InChI=1S/C32H31FN3O4.C28H22FN3O4/c1-32(2,3)40-30(37)12-8-7-11-29-34-27-19-25(35-20-28(39-21-35)22-9-5-4-6-10-22)17-18-26(27)31(38)36(29)24-15-13-23(33)14-16-24;29-20-10-12-21(13-11-20)32-26(8-4-5-9-27(33)34)30-24-16-22(14-15-23(24)28(32)35)31-17-25(36-18-31)19-6-2-1-3-7-19/h4-6,9-10,13-21H,7-8,11-12H2,1-3H3;1-3,6-7,10-18H,4-5,8-9H2/q+1;/p+1. The Morgan fingerprint density at radius 1 is 0.579 bits per heavy atom. The molecule has 0 aliphatic carbocycles. The second-order valence-corrected chi connectivity index (χ2v) is 19.1. The minimum atomic E-state index is -0.867. The maximum atomic E-state index is 13.7. The van der Waals surface area contributed by atoms with Gasteiger partial charge in [-0.05, 0) is 107 Å². The second-order valence-electron chi connectivity index (χ2n) is 19.1. The molecule has 76 heavy (non-hydrogen) atoms. The van der Waals surface area contributed by atoms with Gasteiger partial charge in [-0.25, -0.2) is 18.7 Å². The maximum absolute atomic E-state index is 13.7. The highest BCUT2D eigenvalue weighted by Gasteiger charge is 2.21. The van der Waals surface area contributed by atoms with Crippen molar-refractivity contribution in [2.75, 3.05) is 0 Å². The molecule has 0 saturated carbocycles. The largest absolute Gasteiger partial charge is 0.481 e. The molecule has 0 aliphatic heterocycles. The SMILES string of the molecule is CC(C)(C)OC(=O)CCCCc1nc2cc(-[n+]3coc(-c4ccccc4)c3)ccc2c(=O)n1-c1ccc(F)cc1.O=C(O)CCCCc1nc2cc(-[n+]3coc(-c4ccccc4)c3)ccc2c(=O)n1-c1ccc(F)cc1. The number of carboxylic acid groups (broad SMARTS) is 1. The number of unbranched alkanes of at least 4 members (excludes halogenated alkanes) is 2. The van der Waals surface area contributed by atoms with Gasteiger partial charge < -0.3 is 18.7 Å². The molecule has 4 aromatic heterocycles. The predicted octanol–water partition coefficient (Wildman–Crippen LogP) is 11.0. The van der Waals surface area contributed by atoms with Gasteiger partial charge in [-0.15, -0.1) is 9.13 Å². The Balaban J connectivity index is 0.000000187. The summed E-state index contributed by atoms with van der Waals surface area (Å²) in [6.45, 7) is 5.51. The molecular weight excluding hydrogens is 971 g/mol. The molecule has 0 bridgehead atoms. The van der Waals surface area contributed by atoms with E-state index in [1.54, 1.807) is 37.1 Å². The fraction of sp³-hybridized carbons (Fsp3) is 0.200. The first-order valence-corrected chi connectivity index (χ1v) is 24.9. The predicted molar refractivity (Wildman–Crippen MR) is 282 cm³/mol. The zero-order chi connectivity index (χ0) is 53.3. The zero-order valence-electron chi connectivity index (χ0n) is 42.1. The van der Waals surface area contributed by atoms with Crippen LogP contribution in [0, 0.1) is 11.6 Å². The molecule has 1 N–H and O–H groups in total. The number of carboxylic acids is 1. The minimum Gasteiger partial charge on any atom is -0.481 e. The number of aromatic nitrogens is 6. The van der Waals surface area contributed by atoms with Crippen LogP contribution in [0.4, 0.5) is 8.78 Å². The van der Waals surface area contributed by atoms with Crippen LogP contribution in [0.25, 0.3) is 67.2 Å². The number of fused-ring (bicyclic) bond motifs is 2. The van der Waals surface area contributed by atoms with Crippen LogP contribution in [-0.4, -0.2) is 41.7 Å². The van der Waals surface area contributed by atoms with E-state index in [9.17, 15) is 28.0 Å². The third-order valence-corrected chi connectivity index (χ3v) is 12.3. The molecule has 0 aliphatic rings. The monoisotopic (exact) mass is 1020 g/mol. The fourth-order valence-corrected chi connectivity index (χ4v) is 8.68. The molecule has 0 amide bonds. The third-order valence-electron chi connectivity index (χ3n) is 12.3. The number of carbonyl (C=O) groups excluding carboxylic acids is 1. The molecule has 384 valence electrons. The molecule has 10 rings (SSSR count). The van der Waals surface area contributed by atoms with Gasteiger partial charge in [-0.2, -0.15) is 0 Å². The van der Waals surface area contributed by atoms with Gasteiger partial charge in [0.2, 0.25) is 35.3 Å². The van der Waals surface area contributed by atoms with Gasteiger partial charge in [-0.3, -0.25) is 28.3 Å². The van der Waals surface area contributed by atoms with E-state index in [1.807, 2.05) is 127 Å². The number of esters is 1. The van der Waals surface area contributed by atoms with Crippen molar-refractivity contribution >= 4 is 33.7 Å². The first-order chi connectivity index (χ1) is 36.7. The summed E-state index contributed by atoms with van der Waals surface area (Å²) in [4.78, 5) is 59.9. The number of aliphatic carboxylic acids is 1. The summed E-state index contributed by atoms with van der Waals surface area (Å²) in [5.41, 5.74) is 4.51. The van der Waals surface area contributed by atoms with Crippen molar-refractivity contribution < 1.29 is 46.2 Å². The van der Waals surface area contributed by atoms with Crippen molar-refractivity contribution in [2.24, 2.45) is 0 Å². The van der Waals surface area contributed by atoms with E-state index in [0.717, 1.165) is 22.5 Å². The normalized spacial score (nSPS) is 11.4. The molecule has 10 aromatic rings. The molecule has 4 heterocycles. The molecule has 0 saturated heterocycles. The molecule has 0 radical (unpaired) electrons. The minimum absolute atomic E-state index is 0.0411. The van der Waals surface area contributed by atoms with E-state index in [4.69, 9.17) is 28.6 Å². The zero-order valence-corrected chi connectivity index (χ0v) is 42.1. The Labute approximate surface area is 435 Å². The van der Waals surface area contributed by atoms with Crippen molar-refractivity contribution in [3.63, 3.8) is 0 Å². The summed E-state index contributed by atoms with van der Waals surface area (Å²) in [6.07, 6.45) is 10.3. The summed E-state index contributed by atoms with van der Waals surface area (Å²) in [5, 5.41) is 9.82. The number of nitrogens with zero attached hydrogens (tertiary/aromatic N) is 6. The number of hydrogen-bond donors (Lipinski definition) is 1. The van der Waals surface area contributed by atoms with E-state index in [2.05, 4.69) is 0 Å². The third kappa shape index (κ3) is 12.4. The lowest BCUT2D eigenvalue weighted by Gasteiger charge is -2.19. The Hall–Kier alpha value is -9.18. The quantitative estimate of drug-likeness (QED) is 0.0559. The smallest absolute Gasteiger partial charge is 0.341 e. The Bertz CT molecular complexity index is 3790. The van der Waals surface area contributed by atoms with Gasteiger partial charge >= 0.3 is 24.7 Å². The lowest BCUT2D eigenvalue weighted by atomic mass is 10.1. The molecule has 0 unspecified atom stereocenters. The molecule has 14 nitrogen and oxygen atoms in total. The van der Waals surface area contributed by atoms with E-state index >= 15 is 0 Å². The van der Waals surface area contributed by atoms with Crippen molar-refractivity contribution in [2.45, 2.75) is 77.7 Å². The van der Waals surface area contributed by atoms with Crippen LogP contribution in [0.15, 0.2) is 189 Å². The van der Waals surface area contributed by atoms with Crippen LogP contribution >= 0.6 is 0 Å². The highest BCUT2D eigenvalue weighted by atomic mass is 19.1. The second kappa shape index (κ2) is 22.9. The van der Waals surface area contributed by atoms with Crippen LogP contribution in [0.3, 0.4) is 0 Å².